The van der Waals surface area contributed by atoms with Crippen LogP contribution in [0.2, 0.25) is 0 Å². The summed E-state index contributed by atoms with van der Waals surface area (Å²) in [6.45, 7) is 2.01. The van der Waals surface area contributed by atoms with Crippen LogP contribution in [0.15, 0.2) is 72.9 Å². The molecule has 0 saturated heterocycles. The van der Waals surface area contributed by atoms with Crippen LogP contribution in [0.4, 0.5) is 0 Å². The molecule has 0 aromatic heterocycles. The van der Waals surface area contributed by atoms with E-state index in [2.05, 4.69) is 0 Å². The summed E-state index contributed by atoms with van der Waals surface area (Å²) >= 11 is 0. The van der Waals surface area contributed by atoms with Crippen LogP contribution < -0.4 is 0 Å². The van der Waals surface area contributed by atoms with Gasteiger partial charge >= 0.3 is 5.97 Å². The number of hydrogen-bond donors (Lipinski definition) is 4. The minimum Gasteiger partial charge on any atom is -0.481 e. The molecule has 0 aromatic rings. The molecule has 0 bridgehead atoms. The first-order chi connectivity index (χ1) is 13.0. The largest absolute Gasteiger partial charge is 0.481 e. The Labute approximate surface area is 162 Å². The third-order valence-electron chi connectivity index (χ3n) is 3.44. The molecule has 0 heterocycles. The molecule has 0 fully saturated rings. The van der Waals surface area contributed by atoms with E-state index in [1.54, 1.807) is 54.7 Å². The van der Waals surface area contributed by atoms with Crippen LogP contribution in [0.5, 0.6) is 0 Å². The van der Waals surface area contributed by atoms with Crippen molar-refractivity contribution in [1.29, 1.82) is 0 Å². The summed E-state index contributed by atoms with van der Waals surface area (Å²) in [5, 5.41) is 37.7. The fraction of sp³-hybridized carbons (Fsp3) is 0.409. The van der Waals surface area contributed by atoms with E-state index < -0.39 is 24.3 Å². The summed E-state index contributed by atoms with van der Waals surface area (Å²) in [5.74, 6) is -0.831. The van der Waals surface area contributed by atoms with Crippen LogP contribution in [0, 0.1) is 0 Å². The van der Waals surface area contributed by atoms with E-state index in [1.807, 2.05) is 19.1 Å². The zero-order valence-electron chi connectivity index (χ0n) is 15.9. The van der Waals surface area contributed by atoms with Crippen LogP contribution in [-0.2, 0) is 4.79 Å². The third kappa shape index (κ3) is 17.0. The first-order valence-corrected chi connectivity index (χ1v) is 9.21. The number of carboxylic acids is 1. The Hall–Kier alpha value is -2.21. The number of carbonyl (C=O) groups is 1. The van der Waals surface area contributed by atoms with Gasteiger partial charge in [-0.25, -0.2) is 0 Å². The minimum absolute atomic E-state index is 0.0951. The Morgan fingerprint density at radius 1 is 0.815 bits per heavy atom. The lowest BCUT2D eigenvalue weighted by atomic mass is 10.1. The van der Waals surface area contributed by atoms with Crippen molar-refractivity contribution in [2.75, 3.05) is 0 Å². The average molecular weight is 376 g/mol. The lowest BCUT2D eigenvalue weighted by Crippen LogP contribution is -2.22. The summed E-state index contributed by atoms with van der Waals surface area (Å²) in [5.41, 5.74) is 0. The topological polar surface area (TPSA) is 98.0 Å². The van der Waals surface area contributed by atoms with Crippen LogP contribution in [-0.4, -0.2) is 44.7 Å². The zero-order chi connectivity index (χ0) is 20.3. The molecule has 0 saturated carbocycles. The monoisotopic (exact) mass is 376 g/mol. The molecular formula is C22H32O5. The molecule has 5 nitrogen and oxygen atoms in total. The van der Waals surface area contributed by atoms with Gasteiger partial charge < -0.3 is 20.4 Å². The van der Waals surface area contributed by atoms with E-state index in [9.17, 15) is 20.1 Å². The van der Waals surface area contributed by atoms with E-state index in [1.165, 1.54) is 6.08 Å². The molecule has 0 aromatic carbocycles. The van der Waals surface area contributed by atoms with Gasteiger partial charge in [0.2, 0.25) is 0 Å². The summed E-state index contributed by atoms with van der Waals surface area (Å²) in [4.78, 5) is 10.3. The van der Waals surface area contributed by atoms with Crippen LogP contribution >= 0.6 is 0 Å². The van der Waals surface area contributed by atoms with Crippen molar-refractivity contribution < 1.29 is 25.2 Å². The van der Waals surface area contributed by atoms with E-state index in [0.29, 0.717) is 19.3 Å². The molecule has 0 aliphatic rings. The average Bonchev–Trinajstić information content (AvgIpc) is 2.63. The van der Waals surface area contributed by atoms with Gasteiger partial charge in [0.25, 0.3) is 0 Å². The molecule has 0 spiro atoms. The molecule has 150 valence electrons. The molecule has 5 heteroatoms. The Balaban J connectivity index is 4.03. The fourth-order valence-corrected chi connectivity index (χ4v) is 1.94. The van der Waals surface area contributed by atoms with Gasteiger partial charge in [-0.3, -0.25) is 4.79 Å². The molecule has 0 aliphatic carbocycles. The molecule has 0 amide bonds. The predicted molar refractivity (Wildman–Crippen MR) is 109 cm³/mol. The smallest absolute Gasteiger partial charge is 0.303 e. The second-order valence-electron chi connectivity index (χ2n) is 5.92. The molecule has 0 aliphatic heterocycles. The lowest BCUT2D eigenvalue weighted by Gasteiger charge is -2.11. The number of aliphatic hydroxyl groups is 3. The molecule has 27 heavy (non-hydrogen) atoms. The Morgan fingerprint density at radius 3 is 2.04 bits per heavy atom. The van der Waals surface area contributed by atoms with Gasteiger partial charge in [0, 0.05) is 6.42 Å². The quantitative estimate of drug-likeness (QED) is 0.275. The Bertz CT molecular complexity index is 555. The number of hydrogen-bond acceptors (Lipinski definition) is 4. The molecule has 3 atom stereocenters. The number of allylic oxidation sites excluding steroid dienone is 8. The second kappa shape index (κ2) is 17.2. The second-order valence-corrected chi connectivity index (χ2v) is 5.92. The van der Waals surface area contributed by atoms with Crippen LogP contribution in [0.25, 0.3) is 0 Å². The number of carboxylic acid groups (broad SMARTS) is 1. The molecule has 0 radical (unpaired) electrons. The summed E-state index contributed by atoms with van der Waals surface area (Å²) in [6.07, 6.45) is 21.0. The van der Waals surface area contributed by atoms with Gasteiger partial charge in [0.1, 0.15) is 0 Å². The fourth-order valence-electron chi connectivity index (χ4n) is 1.94. The van der Waals surface area contributed by atoms with E-state index in [0.717, 1.165) is 6.42 Å². The van der Waals surface area contributed by atoms with E-state index >= 15 is 0 Å². The van der Waals surface area contributed by atoms with Gasteiger partial charge in [0.15, 0.2) is 0 Å². The first kappa shape index (κ1) is 24.8. The Kier molecular flexibility index (Phi) is 15.8. The van der Waals surface area contributed by atoms with Crippen molar-refractivity contribution >= 4 is 5.97 Å². The highest BCUT2D eigenvalue weighted by Gasteiger charge is 2.10. The van der Waals surface area contributed by atoms with Crippen molar-refractivity contribution in [3.05, 3.63) is 72.9 Å². The molecule has 4 N–H and O–H groups in total. The Morgan fingerprint density at radius 2 is 1.41 bits per heavy atom. The highest BCUT2D eigenvalue weighted by Crippen LogP contribution is 2.03. The van der Waals surface area contributed by atoms with Gasteiger partial charge in [-0.05, 0) is 25.7 Å². The highest BCUT2D eigenvalue weighted by atomic mass is 16.4. The normalized spacial score (nSPS) is 16.6. The lowest BCUT2D eigenvalue weighted by molar-refractivity contribution is -0.136. The minimum atomic E-state index is -0.904. The highest BCUT2D eigenvalue weighted by molar-refractivity contribution is 5.66. The number of rotatable bonds is 14. The predicted octanol–water partition coefficient (Wildman–Crippen LogP) is 3.46. The summed E-state index contributed by atoms with van der Waals surface area (Å²) < 4.78 is 0. The summed E-state index contributed by atoms with van der Waals surface area (Å²) in [7, 11) is 0. The summed E-state index contributed by atoms with van der Waals surface area (Å²) in [6, 6.07) is 0. The van der Waals surface area contributed by atoms with E-state index in [4.69, 9.17) is 5.11 Å². The molecule has 1 unspecified atom stereocenters. The van der Waals surface area contributed by atoms with Crippen molar-refractivity contribution in [2.24, 2.45) is 0 Å². The first-order valence-electron chi connectivity index (χ1n) is 9.21. The third-order valence-corrected chi connectivity index (χ3v) is 3.44. The van der Waals surface area contributed by atoms with Crippen molar-refractivity contribution in [2.45, 2.75) is 57.3 Å². The maximum Gasteiger partial charge on any atom is 0.303 e. The van der Waals surface area contributed by atoms with Crippen molar-refractivity contribution in [1.82, 2.24) is 0 Å². The number of aliphatic carboxylic acids is 1. The van der Waals surface area contributed by atoms with Gasteiger partial charge in [-0.15, -0.1) is 0 Å². The SMILES string of the molecule is CC/C=C\CC(O)[C@H](O)/C=C/C=C/C=C\C=C\[C@@H](O)C/C=C\CCC(=O)O. The van der Waals surface area contributed by atoms with Gasteiger partial charge in [-0.2, -0.15) is 0 Å². The van der Waals surface area contributed by atoms with Gasteiger partial charge in [0.05, 0.1) is 18.3 Å². The number of aliphatic hydroxyl groups excluding tert-OH is 3. The molecular weight excluding hydrogens is 344 g/mol. The zero-order valence-corrected chi connectivity index (χ0v) is 15.9. The van der Waals surface area contributed by atoms with Crippen molar-refractivity contribution in [3.63, 3.8) is 0 Å². The van der Waals surface area contributed by atoms with E-state index in [-0.39, 0.29) is 6.42 Å². The standard InChI is InChI=1S/C22H32O5/c1-2-3-9-16-20(24)21(25)17-12-7-5-4-6-10-14-19(23)15-11-8-13-18-22(26)27/h3-12,14,17,19-21,23-25H,2,13,15-16,18H2,1H3,(H,26,27)/b6-4-,7-5+,9-3-,11-8-,14-10+,17-12+/t19-,20?,21-/m1/s1. The van der Waals surface area contributed by atoms with Gasteiger partial charge in [-0.1, -0.05) is 79.8 Å². The maximum atomic E-state index is 10.3. The molecule has 0 rings (SSSR count). The van der Waals surface area contributed by atoms with Crippen LogP contribution in [0.3, 0.4) is 0 Å². The van der Waals surface area contributed by atoms with Crippen molar-refractivity contribution in [3.8, 4) is 0 Å². The van der Waals surface area contributed by atoms with Crippen LogP contribution in [0.1, 0.15) is 39.0 Å². The maximum absolute atomic E-state index is 10.3.